The molecule has 1 aliphatic rings. The first kappa shape index (κ1) is 17.1. The molecular formula is C20H18O7. The van der Waals surface area contributed by atoms with Crippen LogP contribution in [-0.2, 0) is 6.42 Å². The summed E-state index contributed by atoms with van der Waals surface area (Å²) in [4.78, 5) is 12.9. The van der Waals surface area contributed by atoms with Crippen LogP contribution >= 0.6 is 0 Å². The molecule has 1 aromatic heterocycles. The van der Waals surface area contributed by atoms with Crippen molar-refractivity contribution < 1.29 is 28.1 Å². The van der Waals surface area contributed by atoms with E-state index in [1.54, 1.807) is 33.5 Å². The quantitative estimate of drug-likeness (QED) is 0.683. The van der Waals surface area contributed by atoms with Gasteiger partial charge in [0.1, 0.15) is 0 Å². The predicted molar refractivity (Wildman–Crippen MR) is 97.5 cm³/mol. The highest BCUT2D eigenvalue weighted by molar-refractivity contribution is 5.86. The maximum absolute atomic E-state index is 12.9. The minimum Gasteiger partial charge on any atom is -0.493 e. The number of benzene rings is 2. The third kappa shape index (κ3) is 2.81. The van der Waals surface area contributed by atoms with Gasteiger partial charge in [-0.15, -0.1) is 0 Å². The van der Waals surface area contributed by atoms with Gasteiger partial charge < -0.3 is 28.1 Å². The fraction of sp³-hybridized carbons (Fsp3) is 0.250. The number of hydrogen-bond acceptors (Lipinski definition) is 7. The maximum atomic E-state index is 12.9. The first-order valence-corrected chi connectivity index (χ1v) is 8.28. The van der Waals surface area contributed by atoms with Crippen LogP contribution in [0.4, 0.5) is 0 Å². The molecule has 0 bridgehead atoms. The third-order valence-corrected chi connectivity index (χ3v) is 4.47. The Morgan fingerprint density at radius 3 is 2.41 bits per heavy atom. The van der Waals surface area contributed by atoms with Gasteiger partial charge in [-0.2, -0.15) is 0 Å². The van der Waals surface area contributed by atoms with Crippen LogP contribution < -0.4 is 29.1 Å². The lowest BCUT2D eigenvalue weighted by atomic mass is 10.0. The van der Waals surface area contributed by atoms with Crippen molar-refractivity contribution in [1.82, 2.24) is 0 Å². The normalized spacial score (nSPS) is 12.3. The van der Waals surface area contributed by atoms with Crippen molar-refractivity contribution in [2.75, 3.05) is 28.1 Å². The Morgan fingerprint density at radius 1 is 1.00 bits per heavy atom. The maximum Gasteiger partial charge on any atom is 0.231 e. The van der Waals surface area contributed by atoms with E-state index in [1.165, 1.54) is 6.26 Å². The SMILES string of the molecule is COc1cc(Cc2coc3c4c(ccc3c2=O)OCO4)cc(OC)c1OC. The molecule has 1 aliphatic heterocycles. The number of ether oxygens (including phenoxy) is 5. The molecule has 0 radical (unpaired) electrons. The van der Waals surface area contributed by atoms with Crippen molar-refractivity contribution in [3.05, 3.63) is 51.9 Å². The molecule has 0 unspecified atom stereocenters. The van der Waals surface area contributed by atoms with Gasteiger partial charge in [-0.3, -0.25) is 4.79 Å². The van der Waals surface area contributed by atoms with Crippen LogP contribution in [0.1, 0.15) is 11.1 Å². The smallest absolute Gasteiger partial charge is 0.231 e. The second kappa shape index (κ2) is 6.75. The Bertz CT molecular complexity index is 1040. The van der Waals surface area contributed by atoms with Gasteiger partial charge in [0.25, 0.3) is 0 Å². The molecule has 2 heterocycles. The van der Waals surface area contributed by atoms with Crippen molar-refractivity contribution in [2.24, 2.45) is 0 Å². The van der Waals surface area contributed by atoms with E-state index in [-0.39, 0.29) is 12.2 Å². The van der Waals surface area contributed by atoms with Crippen molar-refractivity contribution in [3.63, 3.8) is 0 Å². The van der Waals surface area contributed by atoms with Crippen molar-refractivity contribution >= 4 is 11.0 Å². The van der Waals surface area contributed by atoms with E-state index >= 15 is 0 Å². The van der Waals surface area contributed by atoms with Crippen LogP contribution in [0.25, 0.3) is 11.0 Å². The Balaban J connectivity index is 1.77. The van der Waals surface area contributed by atoms with E-state index in [0.29, 0.717) is 51.7 Å². The van der Waals surface area contributed by atoms with Gasteiger partial charge in [0.05, 0.1) is 33.0 Å². The second-order valence-electron chi connectivity index (χ2n) is 5.98. The van der Waals surface area contributed by atoms with Gasteiger partial charge in [-0.25, -0.2) is 0 Å². The zero-order valence-corrected chi connectivity index (χ0v) is 15.2. The zero-order valence-electron chi connectivity index (χ0n) is 15.2. The van der Waals surface area contributed by atoms with E-state index in [1.807, 2.05) is 12.1 Å². The summed E-state index contributed by atoms with van der Waals surface area (Å²) in [7, 11) is 4.64. The van der Waals surface area contributed by atoms with E-state index in [2.05, 4.69) is 0 Å². The largest absolute Gasteiger partial charge is 0.493 e. The molecule has 3 aromatic rings. The molecular weight excluding hydrogens is 352 g/mol. The molecule has 0 amide bonds. The molecule has 0 spiro atoms. The summed E-state index contributed by atoms with van der Waals surface area (Å²) in [5.41, 5.74) is 1.61. The zero-order chi connectivity index (χ0) is 19.0. The fourth-order valence-corrected chi connectivity index (χ4v) is 3.18. The molecule has 7 nitrogen and oxygen atoms in total. The summed E-state index contributed by atoms with van der Waals surface area (Å²) in [6.45, 7) is 0.116. The van der Waals surface area contributed by atoms with Crippen LogP contribution in [0.15, 0.2) is 39.7 Å². The third-order valence-electron chi connectivity index (χ3n) is 4.47. The van der Waals surface area contributed by atoms with Crippen molar-refractivity contribution in [2.45, 2.75) is 6.42 Å². The molecule has 2 aromatic carbocycles. The van der Waals surface area contributed by atoms with Crippen LogP contribution in [0.5, 0.6) is 28.7 Å². The molecule has 4 rings (SSSR count). The number of fused-ring (bicyclic) bond motifs is 3. The molecule has 0 aliphatic carbocycles. The fourth-order valence-electron chi connectivity index (χ4n) is 3.18. The first-order chi connectivity index (χ1) is 13.2. The molecule has 7 heteroatoms. The molecule has 0 atom stereocenters. The summed E-state index contributed by atoms with van der Waals surface area (Å²) in [5.74, 6) is 2.59. The van der Waals surface area contributed by atoms with Gasteiger partial charge in [0.15, 0.2) is 28.3 Å². The summed E-state index contributed by atoms with van der Waals surface area (Å²) < 4.78 is 32.5. The van der Waals surface area contributed by atoms with Crippen LogP contribution in [0.2, 0.25) is 0 Å². The first-order valence-electron chi connectivity index (χ1n) is 8.28. The topological polar surface area (TPSA) is 76.4 Å². The highest BCUT2D eigenvalue weighted by atomic mass is 16.7. The average Bonchev–Trinajstić information content (AvgIpc) is 3.18. The van der Waals surface area contributed by atoms with Gasteiger partial charge in [0.2, 0.25) is 18.3 Å². The van der Waals surface area contributed by atoms with Crippen LogP contribution in [0, 0.1) is 0 Å². The van der Waals surface area contributed by atoms with E-state index in [4.69, 9.17) is 28.1 Å². The van der Waals surface area contributed by atoms with Crippen molar-refractivity contribution in [1.29, 1.82) is 0 Å². The van der Waals surface area contributed by atoms with Gasteiger partial charge >= 0.3 is 0 Å². The van der Waals surface area contributed by atoms with Crippen LogP contribution in [-0.4, -0.2) is 28.1 Å². The molecule has 0 saturated carbocycles. The standard InChI is InChI=1S/C20H18O7/c1-22-15-7-11(8-16(23-2)19(15)24-3)6-12-9-25-18-13(17(12)21)4-5-14-20(18)27-10-26-14/h4-5,7-9H,6,10H2,1-3H3. The van der Waals surface area contributed by atoms with Crippen molar-refractivity contribution in [3.8, 4) is 28.7 Å². The van der Waals surface area contributed by atoms with E-state index in [0.717, 1.165) is 5.56 Å². The molecule has 0 fully saturated rings. The Hall–Kier alpha value is -3.35. The van der Waals surface area contributed by atoms with Gasteiger partial charge in [-0.1, -0.05) is 0 Å². The number of rotatable bonds is 5. The highest BCUT2D eigenvalue weighted by Crippen LogP contribution is 2.40. The highest BCUT2D eigenvalue weighted by Gasteiger charge is 2.21. The summed E-state index contributed by atoms with van der Waals surface area (Å²) in [6.07, 6.45) is 1.80. The monoisotopic (exact) mass is 370 g/mol. The second-order valence-corrected chi connectivity index (χ2v) is 5.98. The van der Waals surface area contributed by atoms with Gasteiger partial charge in [-0.05, 0) is 29.8 Å². The average molecular weight is 370 g/mol. The van der Waals surface area contributed by atoms with E-state index < -0.39 is 0 Å². The Labute approximate surface area is 155 Å². The Kier molecular flexibility index (Phi) is 4.27. The molecule has 0 N–H and O–H groups in total. The summed E-state index contributed by atoms with van der Waals surface area (Å²) >= 11 is 0. The van der Waals surface area contributed by atoms with Gasteiger partial charge in [0, 0.05) is 12.0 Å². The molecule has 0 saturated heterocycles. The number of hydrogen-bond donors (Lipinski definition) is 0. The summed E-state index contributed by atoms with van der Waals surface area (Å²) in [5, 5.41) is 0.448. The number of methoxy groups -OCH3 is 3. The predicted octanol–water partition coefficient (Wildman–Crippen LogP) is 3.14. The van der Waals surface area contributed by atoms with E-state index in [9.17, 15) is 4.79 Å². The molecule has 27 heavy (non-hydrogen) atoms. The lowest BCUT2D eigenvalue weighted by molar-refractivity contribution is 0.174. The minimum absolute atomic E-state index is 0.116. The lowest BCUT2D eigenvalue weighted by Crippen LogP contribution is -2.09. The van der Waals surface area contributed by atoms with Crippen LogP contribution in [0.3, 0.4) is 0 Å². The lowest BCUT2D eigenvalue weighted by Gasteiger charge is -2.14. The summed E-state index contributed by atoms with van der Waals surface area (Å²) in [6, 6.07) is 7.02. The Morgan fingerprint density at radius 2 is 1.74 bits per heavy atom. The minimum atomic E-state index is -0.122. The molecule has 140 valence electrons.